The molecule has 0 bridgehead atoms. The van der Waals surface area contributed by atoms with Gasteiger partial charge < -0.3 is 14.2 Å². The SMILES string of the molecule is COc1cc(C#N)ccc1OCC(=O)c1ccccc1OC. The van der Waals surface area contributed by atoms with E-state index < -0.39 is 0 Å². The Morgan fingerprint density at radius 1 is 1.05 bits per heavy atom. The molecule has 0 fully saturated rings. The van der Waals surface area contributed by atoms with E-state index in [2.05, 4.69) is 0 Å². The van der Waals surface area contributed by atoms with Crippen LogP contribution in [-0.2, 0) is 0 Å². The van der Waals surface area contributed by atoms with E-state index in [-0.39, 0.29) is 12.4 Å². The first kappa shape index (κ1) is 15.4. The number of carbonyl (C=O) groups excluding carboxylic acids is 1. The number of ketones is 1. The van der Waals surface area contributed by atoms with E-state index in [0.717, 1.165) is 0 Å². The maximum Gasteiger partial charge on any atom is 0.203 e. The van der Waals surface area contributed by atoms with Gasteiger partial charge in [-0.1, -0.05) is 12.1 Å². The molecule has 5 nitrogen and oxygen atoms in total. The summed E-state index contributed by atoms with van der Waals surface area (Å²) in [4.78, 5) is 12.2. The summed E-state index contributed by atoms with van der Waals surface area (Å²) in [6.45, 7) is -0.150. The topological polar surface area (TPSA) is 68.5 Å². The quantitative estimate of drug-likeness (QED) is 0.767. The summed E-state index contributed by atoms with van der Waals surface area (Å²) in [5.74, 6) is 1.11. The van der Waals surface area contributed by atoms with Gasteiger partial charge in [0.2, 0.25) is 5.78 Å². The van der Waals surface area contributed by atoms with Gasteiger partial charge in [0, 0.05) is 6.07 Å². The molecular formula is C17H15NO4. The van der Waals surface area contributed by atoms with Crippen molar-refractivity contribution < 1.29 is 19.0 Å². The predicted octanol–water partition coefficient (Wildman–Crippen LogP) is 2.84. The van der Waals surface area contributed by atoms with E-state index in [1.807, 2.05) is 6.07 Å². The molecule has 0 aliphatic heterocycles. The summed E-state index contributed by atoms with van der Waals surface area (Å²) in [6.07, 6.45) is 0. The fourth-order valence-corrected chi connectivity index (χ4v) is 1.95. The highest BCUT2D eigenvalue weighted by atomic mass is 16.5. The zero-order valence-corrected chi connectivity index (χ0v) is 12.3. The van der Waals surface area contributed by atoms with Crippen molar-refractivity contribution in [2.45, 2.75) is 0 Å². The van der Waals surface area contributed by atoms with Crippen LogP contribution in [0.25, 0.3) is 0 Å². The third-order valence-corrected chi connectivity index (χ3v) is 3.06. The van der Waals surface area contributed by atoms with Crippen LogP contribution in [0.2, 0.25) is 0 Å². The number of Topliss-reactive ketones (excluding diaryl/α,β-unsaturated/α-hetero) is 1. The normalized spacial score (nSPS) is 9.68. The summed E-state index contributed by atoms with van der Waals surface area (Å²) in [5.41, 5.74) is 0.915. The molecule has 0 aliphatic carbocycles. The Morgan fingerprint density at radius 2 is 1.77 bits per heavy atom. The second-order valence-corrected chi connectivity index (χ2v) is 4.39. The Balaban J connectivity index is 2.13. The molecule has 0 heterocycles. The van der Waals surface area contributed by atoms with Gasteiger partial charge in [0.1, 0.15) is 5.75 Å². The van der Waals surface area contributed by atoms with Crippen LogP contribution in [0.5, 0.6) is 17.2 Å². The first-order chi connectivity index (χ1) is 10.7. The van der Waals surface area contributed by atoms with E-state index in [1.165, 1.54) is 14.2 Å². The van der Waals surface area contributed by atoms with Gasteiger partial charge in [-0.05, 0) is 24.3 Å². The minimum atomic E-state index is -0.205. The van der Waals surface area contributed by atoms with Gasteiger partial charge >= 0.3 is 0 Å². The second kappa shape index (κ2) is 7.14. The van der Waals surface area contributed by atoms with Crippen molar-refractivity contribution in [2.75, 3.05) is 20.8 Å². The van der Waals surface area contributed by atoms with E-state index in [1.54, 1.807) is 42.5 Å². The molecule has 112 valence electrons. The van der Waals surface area contributed by atoms with Crippen LogP contribution in [0.15, 0.2) is 42.5 Å². The molecule has 0 N–H and O–H groups in total. The van der Waals surface area contributed by atoms with Crippen molar-refractivity contribution in [1.29, 1.82) is 5.26 Å². The lowest BCUT2D eigenvalue weighted by Gasteiger charge is -2.11. The van der Waals surface area contributed by atoms with Gasteiger partial charge in [0.15, 0.2) is 18.1 Å². The first-order valence-corrected chi connectivity index (χ1v) is 6.56. The maximum absolute atomic E-state index is 12.2. The lowest BCUT2D eigenvalue weighted by atomic mass is 10.1. The molecule has 2 aromatic carbocycles. The van der Waals surface area contributed by atoms with Gasteiger partial charge in [-0.2, -0.15) is 5.26 Å². The summed E-state index contributed by atoms with van der Waals surface area (Å²) in [7, 11) is 2.99. The molecule has 0 unspecified atom stereocenters. The molecule has 0 spiro atoms. The average molecular weight is 297 g/mol. The Morgan fingerprint density at radius 3 is 2.45 bits per heavy atom. The Labute approximate surface area is 128 Å². The first-order valence-electron chi connectivity index (χ1n) is 6.56. The van der Waals surface area contributed by atoms with Gasteiger partial charge in [0.25, 0.3) is 0 Å². The summed E-state index contributed by atoms with van der Waals surface area (Å²) in [5, 5.41) is 8.86. The van der Waals surface area contributed by atoms with Crippen molar-refractivity contribution in [3.05, 3.63) is 53.6 Å². The number of para-hydroxylation sites is 1. The molecule has 0 saturated heterocycles. The van der Waals surface area contributed by atoms with Crippen LogP contribution in [0.1, 0.15) is 15.9 Å². The number of carbonyl (C=O) groups is 1. The van der Waals surface area contributed by atoms with Gasteiger partial charge in [-0.25, -0.2) is 0 Å². The van der Waals surface area contributed by atoms with Crippen LogP contribution < -0.4 is 14.2 Å². The lowest BCUT2D eigenvalue weighted by molar-refractivity contribution is 0.0916. The van der Waals surface area contributed by atoms with Gasteiger partial charge in [-0.3, -0.25) is 4.79 Å². The minimum Gasteiger partial charge on any atom is -0.496 e. The predicted molar refractivity (Wildman–Crippen MR) is 80.5 cm³/mol. The molecule has 0 radical (unpaired) electrons. The van der Waals surface area contributed by atoms with Crippen molar-refractivity contribution in [3.8, 4) is 23.3 Å². The second-order valence-electron chi connectivity index (χ2n) is 4.39. The Hall–Kier alpha value is -3.00. The van der Waals surface area contributed by atoms with Crippen LogP contribution >= 0.6 is 0 Å². The molecule has 5 heteroatoms. The fourth-order valence-electron chi connectivity index (χ4n) is 1.95. The molecule has 0 aliphatic rings. The highest BCUT2D eigenvalue weighted by Gasteiger charge is 2.14. The largest absolute Gasteiger partial charge is 0.496 e. The zero-order chi connectivity index (χ0) is 15.9. The monoisotopic (exact) mass is 297 g/mol. The fraction of sp³-hybridized carbons (Fsp3) is 0.176. The van der Waals surface area contributed by atoms with Crippen molar-refractivity contribution in [1.82, 2.24) is 0 Å². The van der Waals surface area contributed by atoms with E-state index in [4.69, 9.17) is 19.5 Å². The molecule has 0 amide bonds. The van der Waals surface area contributed by atoms with E-state index in [9.17, 15) is 4.79 Å². The molecule has 2 aromatic rings. The van der Waals surface area contributed by atoms with Gasteiger partial charge in [0.05, 0.1) is 31.4 Å². The maximum atomic E-state index is 12.2. The van der Waals surface area contributed by atoms with Crippen LogP contribution in [0.3, 0.4) is 0 Å². The molecule has 0 atom stereocenters. The number of ether oxygens (including phenoxy) is 3. The van der Waals surface area contributed by atoms with Crippen molar-refractivity contribution in [2.24, 2.45) is 0 Å². The van der Waals surface area contributed by atoms with Crippen molar-refractivity contribution in [3.63, 3.8) is 0 Å². The Bertz CT molecular complexity index is 719. The molecular weight excluding hydrogens is 282 g/mol. The van der Waals surface area contributed by atoms with Crippen molar-refractivity contribution >= 4 is 5.78 Å². The molecule has 2 rings (SSSR count). The lowest BCUT2D eigenvalue weighted by Crippen LogP contribution is -2.13. The summed E-state index contributed by atoms with van der Waals surface area (Å²) in [6, 6.07) is 13.7. The van der Waals surface area contributed by atoms with Gasteiger partial charge in [-0.15, -0.1) is 0 Å². The standard InChI is InChI=1S/C17H15NO4/c1-20-15-6-4-3-5-13(15)14(19)11-22-16-8-7-12(10-18)9-17(16)21-2/h3-9H,11H2,1-2H3. The summed E-state index contributed by atoms with van der Waals surface area (Å²) >= 11 is 0. The number of benzene rings is 2. The third-order valence-electron chi connectivity index (χ3n) is 3.06. The number of nitriles is 1. The number of hydrogen-bond acceptors (Lipinski definition) is 5. The number of nitrogens with zero attached hydrogens (tertiary/aromatic N) is 1. The average Bonchev–Trinajstić information content (AvgIpc) is 2.59. The number of hydrogen-bond donors (Lipinski definition) is 0. The highest BCUT2D eigenvalue weighted by Crippen LogP contribution is 2.28. The van der Waals surface area contributed by atoms with E-state index in [0.29, 0.717) is 28.4 Å². The molecule has 0 aromatic heterocycles. The Kier molecular flexibility index (Phi) is 4.99. The molecule has 22 heavy (non-hydrogen) atoms. The molecule has 0 saturated carbocycles. The van der Waals surface area contributed by atoms with Crippen LogP contribution in [0, 0.1) is 11.3 Å². The van der Waals surface area contributed by atoms with Crippen LogP contribution in [-0.4, -0.2) is 26.6 Å². The highest BCUT2D eigenvalue weighted by molar-refractivity contribution is 5.99. The number of rotatable bonds is 6. The smallest absolute Gasteiger partial charge is 0.203 e. The van der Waals surface area contributed by atoms with E-state index >= 15 is 0 Å². The third kappa shape index (κ3) is 3.36. The van der Waals surface area contributed by atoms with Crippen LogP contribution in [0.4, 0.5) is 0 Å². The minimum absolute atomic E-state index is 0.150. The zero-order valence-electron chi connectivity index (χ0n) is 12.3. The summed E-state index contributed by atoms with van der Waals surface area (Å²) < 4.78 is 15.8. The number of methoxy groups -OCH3 is 2.